The summed E-state index contributed by atoms with van der Waals surface area (Å²) in [6.07, 6.45) is -1.80. The van der Waals surface area contributed by atoms with Gasteiger partial charge in [-0.25, -0.2) is 0 Å². The van der Waals surface area contributed by atoms with Crippen molar-refractivity contribution in [2.75, 3.05) is 66.7 Å². The number of benzene rings is 1. The Morgan fingerprint density at radius 3 is 2.52 bits per heavy atom. The monoisotopic (exact) mass is 442 g/mol. The second kappa shape index (κ2) is 11.2. The van der Waals surface area contributed by atoms with Gasteiger partial charge in [-0.2, -0.15) is 13.2 Å². The van der Waals surface area contributed by atoms with E-state index in [4.69, 9.17) is 9.47 Å². The van der Waals surface area contributed by atoms with Crippen molar-refractivity contribution in [1.82, 2.24) is 15.1 Å². The van der Waals surface area contributed by atoms with Crippen LogP contribution >= 0.6 is 0 Å². The fourth-order valence-electron chi connectivity index (χ4n) is 3.66. The predicted molar refractivity (Wildman–Crippen MR) is 114 cm³/mol. The summed E-state index contributed by atoms with van der Waals surface area (Å²) in [7, 11) is 3.68. The van der Waals surface area contributed by atoms with Gasteiger partial charge in [0.1, 0.15) is 0 Å². The number of morpholine rings is 1. The third kappa shape index (κ3) is 7.36. The summed E-state index contributed by atoms with van der Waals surface area (Å²) in [6, 6.07) is 5.37. The molecule has 2 aliphatic rings. The molecule has 31 heavy (non-hydrogen) atoms. The smallest absolute Gasteiger partial charge is 0.379 e. The molecular weight excluding hydrogens is 409 g/mol. The molecule has 1 heterocycles. The van der Waals surface area contributed by atoms with Gasteiger partial charge in [-0.05, 0) is 36.5 Å². The van der Waals surface area contributed by atoms with E-state index in [9.17, 15) is 13.2 Å². The molecule has 9 heteroatoms. The zero-order chi connectivity index (χ0) is 22.3. The lowest BCUT2D eigenvalue weighted by atomic mass is 10.0. The van der Waals surface area contributed by atoms with Crippen LogP contribution in [0.2, 0.25) is 0 Å². The molecule has 1 unspecified atom stereocenters. The van der Waals surface area contributed by atoms with E-state index >= 15 is 0 Å². The Kier molecular flexibility index (Phi) is 8.57. The molecule has 174 valence electrons. The van der Waals surface area contributed by atoms with Crippen LogP contribution in [0.25, 0.3) is 0 Å². The van der Waals surface area contributed by atoms with Gasteiger partial charge in [-0.15, -0.1) is 0 Å². The summed E-state index contributed by atoms with van der Waals surface area (Å²) in [5, 5.41) is 3.39. The molecule has 1 aliphatic heterocycles. The molecule has 0 bridgehead atoms. The van der Waals surface area contributed by atoms with Crippen LogP contribution in [-0.4, -0.2) is 82.5 Å². The largest absolute Gasteiger partial charge is 0.416 e. The van der Waals surface area contributed by atoms with Gasteiger partial charge in [0.2, 0.25) is 0 Å². The van der Waals surface area contributed by atoms with Crippen molar-refractivity contribution in [1.29, 1.82) is 0 Å². The summed E-state index contributed by atoms with van der Waals surface area (Å²) >= 11 is 0. The van der Waals surface area contributed by atoms with Crippen molar-refractivity contribution < 1.29 is 22.6 Å². The minimum Gasteiger partial charge on any atom is -0.379 e. The number of guanidine groups is 1. The standard InChI is InChI=1S/C22H33F3N4O2/c1-26-21(28(2)9-12-31-16-17-3-4-17)27-15-20(29-10-13-30-14-11-29)18-5-7-19(8-6-18)22(23,24)25/h5-8,17,20H,3-4,9-16H2,1-2H3,(H,26,27). The van der Waals surface area contributed by atoms with E-state index in [-0.39, 0.29) is 6.04 Å². The van der Waals surface area contributed by atoms with Gasteiger partial charge in [0.15, 0.2) is 5.96 Å². The summed E-state index contributed by atoms with van der Waals surface area (Å²) in [5.74, 6) is 1.47. The van der Waals surface area contributed by atoms with Crippen molar-refractivity contribution in [2.24, 2.45) is 10.9 Å². The first-order chi connectivity index (χ1) is 14.9. The Morgan fingerprint density at radius 1 is 1.26 bits per heavy atom. The third-order valence-electron chi connectivity index (χ3n) is 5.76. The third-order valence-corrected chi connectivity index (χ3v) is 5.76. The first-order valence-corrected chi connectivity index (χ1v) is 10.9. The van der Waals surface area contributed by atoms with E-state index in [1.54, 1.807) is 19.2 Å². The van der Waals surface area contributed by atoms with Crippen LogP contribution in [0.3, 0.4) is 0 Å². The number of aliphatic imine (C=N–C) groups is 1. The summed E-state index contributed by atoms with van der Waals surface area (Å²) in [6.45, 7) is 5.41. The second-order valence-electron chi connectivity index (χ2n) is 8.15. The highest BCUT2D eigenvalue weighted by atomic mass is 19.4. The number of likely N-dealkylation sites (N-methyl/N-ethyl adjacent to an activating group) is 1. The second-order valence-corrected chi connectivity index (χ2v) is 8.15. The van der Waals surface area contributed by atoms with Crippen molar-refractivity contribution >= 4 is 5.96 Å². The van der Waals surface area contributed by atoms with Crippen molar-refractivity contribution in [2.45, 2.75) is 25.1 Å². The summed E-state index contributed by atoms with van der Waals surface area (Å²) in [5.41, 5.74) is 0.208. The van der Waals surface area contributed by atoms with Gasteiger partial charge in [0.05, 0.1) is 31.4 Å². The zero-order valence-electron chi connectivity index (χ0n) is 18.3. The van der Waals surface area contributed by atoms with Gasteiger partial charge in [-0.1, -0.05) is 12.1 Å². The highest BCUT2D eigenvalue weighted by molar-refractivity contribution is 5.79. The molecule has 1 atom stereocenters. The quantitative estimate of drug-likeness (QED) is 0.362. The molecule has 3 rings (SSSR count). The Morgan fingerprint density at radius 2 is 1.94 bits per heavy atom. The maximum Gasteiger partial charge on any atom is 0.416 e. The number of alkyl halides is 3. The van der Waals surface area contributed by atoms with Crippen LogP contribution in [-0.2, 0) is 15.7 Å². The summed E-state index contributed by atoms with van der Waals surface area (Å²) in [4.78, 5) is 8.61. The Hall–Kier alpha value is -1.84. The maximum absolute atomic E-state index is 13.0. The average Bonchev–Trinajstić information content (AvgIpc) is 3.59. The molecule has 1 saturated heterocycles. The van der Waals surface area contributed by atoms with E-state index in [1.807, 2.05) is 11.9 Å². The molecule has 1 aliphatic carbocycles. The fraction of sp³-hybridized carbons (Fsp3) is 0.682. The van der Waals surface area contributed by atoms with Gasteiger partial charge in [0, 0.05) is 46.9 Å². The highest BCUT2D eigenvalue weighted by Gasteiger charge is 2.31. The number of hydrogen-bond acceptors (Lipinski definition) is 4. The number of hydrogen-bond donors (Lipinski definition) is 1. The molecular formula is C22H33F3N4O2. The Bertz CT molecular complexity index is 702. The number of halogens is 3. The molecule has 0 amide bonds. The van der Waals surface area contributed by atoms with Crippen molar-refractivity contribution in [3.05, 3.63) is 35.4 Å². The van der Waals surface area contributed by atoms with Gasteiger partial charge in [0.25, 0.3) is 0 Å². The van der Waals surface area contributed by atoms with E-state index in [1.165, 1.54) is 12.8 Å². The van der Waals surface area contributed by atoms with Crippen LogP contribution < -0.4 is 5.32 Å². The van der Waals surface area contributed by atoms with E-state index in [2.05, 4.69) is 15.2 Å². The fourth-order valence-corrected chi connectivity index (χ4v) is 3.66. The minimum atomic E-state index is -4.34. The lowest BCUT2D eigenvalue weighted by molar-refractivity contribution is -0.137. The molecule has 0 radical (unpaired) electrons. The lowest BCUT2D eigenvalue weighted by Crippen LogP contribution is -2.47. The molecule has 0 spiro atoms. The highest BCUT2D eigenvalue weighted by Crippen LogP contribution is 2.31. The Labute approximate surface area is 182 Å². The maximum atomic E-state index is 13.0. The van der Waals surface area contributed by atoms with Gasteiger partial charge < -0.3 is 19.7 Å². The number of nitrogens with zero attached hydrogens (tertiary/aromatic N) is 3. The molecule has 0 aromatic heterocycles. The van der Waals surface area contributed by atoms with Crippen LogP contribution in [0.4, 0.5) is 13.2 Å². The molecule has 1 N–H and O–H groups in total. The van der Waals surface area contributed by atoms with Crippen molar-refractivity contribution in [3.63, 3.8) is 0 Å². The van der Waals surface area contributed by atoms with E-state index < -0.39 is 11.7 Å². The van der Waals surface area contributed by atoms with Crippen LogP contribution in [0.1, 0.15) is 30.0 Å². The lowest BCUT2D eigenvalue weighted by Gasteiger charge is -2.35. The molecule has 2 fully saturated rings. The normalized spacial score (nSPS) is 19.3. The average molecular weight is 443 g/mol. The van der Waals surface area contributed by atoms with E-state index in [0.717, 1.165) is 55.8 Å². The molecule has 1 aromatic carbocycles. The topological polar surface area (TPSA) is 49.3 Å². The number of rotatable bonds is 9. The van der Waals surface area contributed by atoms with Crippen LogP contribution in [0, 0.1) is 5.92 Å². The predicted octanol–water partition coefficient (Wildman–Crippen LogP) is 3.01. The first kappa shape index (κ1) is 23.8. The van der Waals surface area contributed by atoms with Crippen LogP contribution in [0.15, 0.2) is 29.3 Å². The summed E-state index contributed by atoms with van der Waals surface area (Å²) < 4.78 is 50.1. The molecule has 6 nitrogen and oxygen atoms in total. The van der Waals surface area contributed by atoms with Gasteiger partial charge in [-0.3, -0.25) is 9.89 Å². The Balaban J connectivity index is 1.60. The van der Waals surface area contributed by atoms with Crippen molar-refractivity contribution in [3.8, 4) is 0 Å². The molecule has 1 saturated carbocycles. The SMILES string of the molecule is CN=C(NCC(c1ccc(C(F)(F)F)cc1)N1CCOCC1)N(C)CCOCC1CC1. The number of nitrogens with one attached hydrogen (secondary N) is 1. The first-order valence-electron chi connectivity index (χ1n) is 10.9. The molecule has 1 aromatic rings. The minimum absolute atomic E-state index is 0.0811. The van der Waals surface area contributed by atoms with Gasteiger partial charge >= 0.3 is 6.18 Å². The van der Waals surface area contributed by atoms with E-state index in [0.29, 0.717) is 26.4 Å². The zero-order valence-corrected chi connectivity index (χ0v) is 18.3. The van der Waals surface area contributed by atoms with Crippen LogP contribution in [0.5, 0.6) is 0 Å². The number of ether oxygens (including phenoxy) is 2.